The van der Waals surface area contributed by atoms with Gasteiger partial charge in [0.05, 0.1) is 22.0 Å². The van der Waals surface area contributed by atoms with Crippen molar-refractivity contribution < 1.29 is 19.2 Å². The number of ether oxygens (including phenoxy) is 1. The molecule has 1 aliphatic rings. The van der Waals surface area contributed by atoms with Crippen LogP contribution in [0.5, 0.6) is 0 Å². The molecule has 0 amide bonds. The lowest BCUT2D eigenvalue weighted by Gasteiger charge is -2.04. The van der Waals surface area contributed by atoms with E-state index in [0.717, 1.165) is 11.1 Å². The van der Waals surface area contributed by atoms with Crippen LogP contribution in [0.4, 0.5) is 5.69 Å². The summed E-state index contributed by atoms with van der Waals surface area (Å²) in [7, 11) is 0. The van der Waals surface area contributed by atoms with E-state index in [-0.39, 0.29) is 35.2 Å². The van der Waals surface area contributed by atoms with E-state index in [1.54, 1.807) is 37.3 Å². The first-order valence-corrected chi connectivity index (χ1v) is 10.5. The molecule has 3 atom stereocenters. The Kier molecular flexibility index (Phi) is 5.46. The number of nitro benzene ring substituents is 1. The maximum Gasteiger partial charge on any atom is 0.338 e. The molecule has 1 heterocycles. The summed E-state index contributed by atoms with van der Waals surface area (Å²) < 4.78 is 5.02. The second-order valence-electron chi connectivity index (χ2n) is 7.11. The number of hydrogen-bond donors (Lipinski definition) is 0. The van der Waals surface area contributed by atoms with Gasteiger partial charge in [0.15, 0.2) is 5.78 Å². The van der Waals surface area contributed by atoms with Crippen molar-refractivity contribution in [2.45, 2.75) is 18.8 Å². The summed E-state index contributed by atoms with van der Waals surface area (Å²) in [5.41, 5.74) is 2.17. The van der Waals surface area contributed by atoms with Crippen LogP contribution in [0.3, 0.4) is 0 Å². The van der Waals surface area contributed by atoms with Crippen LogP contribution in [0.15, 0.2) is 66.0 Å². The topological polar surface area (TPSA) is 86.5 Å². The van der Waals surface area contributed by atoms with Crippen LogP contribution in [0, 0.1) is 16.0 Å². The summed E-state index contributed by atoms with van der Waals surface area (Å²) in [4.78, 5) is 36.5. The minimum absolute atomic E-state index is 0.0122. The molecule has 6 nitrogen and oxygen atoms in total. The van der Waals surface area contributed by atoms with Crippen molar-refractivity contribution in [3.05, 3.63) is 97.7 Å². The molecule has 1 aromatic heterocycles. The Morgan fingerprint density at radius 3 is 2.40 bits per heavy atom. The highest BCUT2D eigenvalue weighted by Crippen LogP contribution is 2.62. The highest BCUT2D eigenvalue weighted by Gasteiger charge is 2.56. The zero-order chi connectivity index (χ0) is 21.3. The van der Waals surface area contributed by atoms with Crippen LogP contribution in [-0.4, -0.2) is 23.3 Å². The van der Waals surface area contributed by atoms with Crippen LogP contribution in [0.25, 0.3) is 0 Å². The summed E-state index contributed by atoms with van der Waals surface area (Å²) in [5, 5.41) is 13.1. The third-order valence-corrected chi connectivity index (χ3v) is 6.24. The van der Waals surface area contributed by atoms with Gasteiger partial charge in [-0.25, -0.2) is 4.79 Å². The third kappa shape index (κ3) is 3.76. The van der Waals surface area contributed by atoms with E-state index >= 15 is 0 Å². The molecule has 0 radical (unpaired) electrons. The lowest BCUT2D eigenvalue weighted by molar-refractivity contribution is -0.384. The summed E-state index contributed by atoms with van der Waals surface area (Å²) in [5.74, 6) is -0.882. The molecule has 3 aromatic rings. The number of ketones is 1. The highest BCUT2D eigenvalue weighted by atomic mass is 32.1. The Morgan fingerprint density at radius 1 is 1.03 bits per heavy atom. The van der Waals surface area contributed by atoms with Crippen LogP contribution in [0.1, 0.15) is 49.9 Å². The van der Waals surface area contributed by atoms with Gasteiger partial charge in [-0.3, -0.25) is 14.9 Å². The van der Waals surface area contributed by atoms with Gasteiger partial charge in [-0.05, 0) is 41.6 Å². The number of carbonyl (C=O) groups excluding carboxylic acids is 2. The molecule has 0 spiro atoms. The van der Waals surface area contributed by atoms with Crippen molar-refractivity contribution in [2.24, 2.45) is 5.92 Å². The maximum absolute atomic E-state index is 13.1. The number of non-ortho nitro benzene ring substituents is 1. The first-order chi connectivity index (χ1) is 14.5. The van der Waals surface area contributed by atoms with Gasteiger partial charge in [-0.2, -0.15) is 0 Å². The number of carbonyl (C=O) groups is 2. The number of rotatable bonds is 7. The predicted octanol–water partition coefficient (Wildman–Crippen LogP) is 5.21. The number of nitrogens with zero attached hydrogens (tertiary/aromatic N) is 1. The lowest BCUT2D eigenvalue weighted by atomic mass is 10.0. The molecule has 1 saturated carbocycles. The van der Waals surface area contributed by atoms with Crippen molar-refractivity contribution in [1.29, 1.82) is 0 Å². The molecule has 0 N–H and O–H groups in total. The second-order valence-corrected chi connectivity index (χ2v) is 8.06. The van der Waals surface area contributed by atoms with E-state index in [1.165, 1.54) is 17.4 Å². The predicted molar refractivity (Wildman–Crippen MR) is 113 cm³/mol. The zero-order valence-corrected chi connectivity index (χ0v) is 17.0. The number of esters is 1. The molecule has 4 rings (SSSR count). The van der Waals surface area contributed by atoms with E-state index < -0.39 is 4.92 Å². The Balaban J connectivity index is 1.67. The minimum Gasteiger partial charge on any atom is -0.462 e. The fraction of sp³-hybridized carbons (Fsp3) is 0.217. The summed E-state index contributed by atoms with van der Waals surface area (Å²) in [6.45, 7) is 2.05. The van der Waals surface area contributed by atoms with Gasteiger partial charge in [0.2, 0.25) is 0 Å². The number of Topliss-reactive ketones (excluding diaryl/α,β-unsaturated/α-hetero) is 1. The van der Waals surface area contributed by atoms with Gasteiger partial charge in [-0.1, -0.05) is 30.3 Å². The van der Waals surface area contributed by atoms with Crippen molar-refractivity contribution in [1.82, 2.24) is 0 Å². The average molecular weight is 421 g/mol. The lowest BCUT2D eigenvalue weighted by Crippen LogP contribution is -2.04. The van der Waals surface area contributed by atoms with Gasteiger partial charge in [-0.15, -0.1) is 11.3 Å². The quantitative estimate of drug-likeness (QED) is 0.226. The highest BCUT2D eigenvalue weighted by molar-refractivity contribution is 7.12. The van der Waals surface area contributed by atoms with Gasteiger partial charge in [0.1, 0.15) is 0 Å². The van der Waals surface area contributed by atoms with E-state index in [1.807, 2.05) is 29.6 Å². The van der Waals surface area contributed by atoms with E-state index in [4.69, 9.17) is 4.74 Å². The summed E-state index contributed by atoms with van der Waals surface area (Å²) >= 11 is 1.39. The number of hydrogen-bond acceptors (Lipinski definition) is 6. The molecule has 0 bridgehead atoms. The number of nitro groups is 1. The van der Waals surface area contributed by atoms with Crippen LogP contribution in [-0.2, 0) is 4.74 Å². The van der Waals surface area contributed by atoms with Gasteiger partial charge < -0.3 is 4.74 Å². The van der Waals surface area contributed by atoms with Crippen LogP contribution >= 0.6 is 11.3 Å². The smallest absolute Gasteiger partial charge is 0.338 e. The van der Waals surface area contributed by atoms with Crippen LogP contribution < -0.4 is 0 Å². The Labute approximate surface area is 177 Å². The minimum atomic E-state index is -0.425. The third-order valence-electron chi connectivity index (χ3n) is 5.36. The molecule has 1 fully saturated rings. The molecule has 7 heteroatoms. The van der Waals surface area contributed by atoms with Crippen molar-refractivity contribution >= 4 is 28.8 Å². The average Bonchev–Trinajstić information content (AvgIpc) is 3.25. The fourth-order valence-electron chi connectivity index (χ4n) is 3.95. The molecular formula is C23H19NO5S. The van der Waals surface area contributed by atoms with Gasteiger partial charge >= 0.3 is 5.97 Å². The molecule has 152 valence electrons. The Morgan fingerprint density at radius 2 is 1.77 bits per heavy atom. The van der Waals surface area contributed by atoms with Gasteiger partial charge in [0, 0.05) is 29.9 Å². The van der Waals surface area contributed by atoms with E-state index in [2.05, 4.69) is 0 Å². The number of benzene rings is 2. The molecule has 1 aliphatic carbocycles. The first-order valence-electron chi connectivity index (χ1n) is 9.60. The van der Waals surface area contributed by atoms with E-state index in [0.29, 0.717) is 17.0 Å². The first kappa shape index (κ1) is 20.0. The summed E-state index contributed by atoms with van der Waals surface area (Å²) in [6, 6.07) is 17.2. The van der Waals surface area contributed by atoms with Gasteiger partial charge in [0.25, 0.3) is 5.69 Å². The molecule has 0 saturated heterocycles. The monoisotopic (exact) mass is 421 g/mol. The maximum atomic E-state index is 13.1. The molecule has 30 heavy (non-hydrogen) atoms. The molecule has 2 aromatic carbocycles. The van der Waals surface area contributed by atoms with Crippen LogP contribution in [0.2, 0.25) is 0 Å². The van der Waals surface area contributed by atoms with Crippen molar-refractivity contribution in [2.75, 3.05) is 6.61 Å². The number of thiophene rings is 1. The van der Waals surface area contributed by atoms with Crippen molar-refractivity contribution in [3.63, 3.8) is 0 Å². The largest absolute Gasteiger partial charge is 0.462 e. The fourth-order valence-corrected chi connectivity index (χ4v) is 4.66. The Hall–Kier alpha value is -3.32. The Bertz CT molecular complexity index is 1090. The standard InChI is InChI=1S/C23H19NO5S/c1-2-29-23(26)15-10-8-14(9-11-15)19-20(16-5-3-6-17(13-16)24(27)28)21(19)22(25)18-7-4-12-30-18/h3-13,19-21H,2H2,1H3. The van der Waals surface area contributed by atoms with Crippen molar-refractivity contribution in [3.8, 4) is 0 Å². The normalized spacial score (nSPS) is 19.8. The summed E-state index contributed by atoms with van der Waals surface area (Å²) in [6.07, 6.45) is 0. The van der Waals surface area contributed by atoms with E-state index in [9.17, 15) is 19.7 Å². The SMILES string of the molecule is CCOC(=O)c1ccc(C2C(C(=O)c3cccs3)C2c2cccc([N+](=O)[O-])c2)cc1. The second kappa shape index (κ2) is 8.20. The molecule has 0 aliphatic heterocycles. The zero-order valence-electron chi connectivity index (χ0n) is 16.2. The molecule has 3 unspecified atom stereocenters. The molecular weight excluding hydrogens is 402 g/mol.